The second-order valence-electron chi connectivity index (χ2n) is 5.34. The highest BCUT2D eigenvalue weighted by Gasteiger charge is 2.31. The lowest BCUT2D eigenvalue weighted by Gasteiger charge is -2.37. The minimum atomic E-state index is 0.409. The average molecular weight is 204 g/mol. The summed E-state index contributed by atoms with van der Waals surface area (Å²) in [4.78, 5) is 0. The van der Waals surface area contributed by atoms with Crippen LogP contribution in [-0.4, -0.2) is 0 Å². The van der Waals surface area contributed by atoms with Gasteiger partial charge in [-0.25, -0.2) is 0 Å². The zero-order chi connectivity index (χ0) is 11.5. The molecule has 0 radical (unpaired) electrons. The van der Waals surface area contributed by atoms with E-state index in [1.54, 1.807) is 5.57 Å². The Morgan fingerprint density at radius 2 is 2.27 bits per heavy atom. The zero-order valence-electron chi connectivity index (χ0n) is 10.6. The standard InChI is InChI=1S/C15H24/c1-6-13-8-7-11-15(4,5)14(13)10-9-12(2)3/h8-10,14H,2,6-7,11H2,1,3-5H3/b10-9+. The molecule has 1 unspecified atom stereocenters. The van der Waals surface area contributed by atoms with Crippen LogP contribution in [0.5, 0.6) is 0 Å². The van der Waals surface area contributed by atoms with Gasteiger partial charge in [0.05, 0.1) is 0 Å². The van der Waals surface area contributed by atoms with E-state index in [0.717, 1.165) is 5.57 Å². The minimum absolute atomic E-state index is 0.409. The summed E-state index contributed by atoms with van der Waals surface area (Å²) < 4.78 is 0. The molecular weight excluding hydrogens is 180 g/mol. The molecule has 0 aromatic carbocycles. The highest BCUT2D eigenvalue weighted by atomic mass is 14.4. The first-order valence-corrected chi connectivity index (χ1v) is 6.00. The second kappa shape index (κ2) is 4.83. The van der Waals surface area contributed by atoms with Gasteiger partial charge in [0, 0.05) is 5.92 Å². The summed E-state index contributed by atoms with van der Waals surface area (Å²) in [5, 5.41) is 0. The molecule has 0 fully saturated rings. The van der Waals surface area contributed by atoms with Crippen LogP contribution in [0.4, 0.5) is 0 Å². The largest absolute Gasteiger partial charge is 0.0961 e. The van der Waals surface area contributed by atoms with Crippen LogP contribution < -0.4 is 0 Å². The monoisotopic (exact) mass is 204 g/mol. The smallest absolute Gasteiger partial charge is 0.00312 e. The molecule has 84 valence electrons. The molecule has 0 nitrogen and oxygen atoms in total. The summed E-state index contributed by atoms with van der Waals surface area (Å²) in [5.41, 5.74) is 3.15. The number of hydrogen-bond donors (Lipinski definition) is 0. The van der Waals surface area contributed by atoms with Crippen LogP contribution in [0.25, 0.3) is 0 Å². The van der Waals surface area contributed by atoms with Gasteiger partial charge in [-0.05, 0) is 31.6 Å². The lowest BCUT2D eigenvalue weighted by molar-refractivity contribution is 0.252. The average Bonchev–Trinajstić information content (AvgIpc) is 2.14. The Hall–Kier alpha value is -0.780. The summed E-state index contributed by atoms with van der Waals surface area (Å²) in [7, 11) is 0. The van der Waals surface area contributed by atoms with Crippen molar-refractivity contribution in [1.29, 1.82) is 0 Å². The van der Waals surface area contributed by atoms with E-state index in [9.17, 15) is 0 Å². The quantitative estimate of drug-likeness (QED) is 0.453. The Bertz CT molecular complexity index is 289. The van der Waals surface area contributed by atoms with Crippen LogP contribution in [0.2, 0.25) is 0 Å². The lowest BCUT2D eigenvalue weighted by atomic mass is 9.67. The van der Waals surface area contributed by atoms with Crippen molar-refractivity contribution in [3.05, 3.63) is 36.0 Å². The Morgan fingerprint density at radius 3 is 2.80 bits per heavy atom. The zero-order valence-corrected chi connectivity index (χ0v) is 10.6. The van der Waals surface area contributed by atoms with E-state index >= 15 is 0 Å². The van der Waals surface area contributed by atoms with Crippen LogP contribution >= 0.6 is 0 Å². The van der Waals surface area contributed by atoms with Gasteiger partial charge in [-0.15, -0.1) is 0 Å². The fourth-order valence-electron chi connectivity index (χ4n) is 2.42. The molecule has 0 spiro atoms. The van der Waals surface area contributed by atoms with Gasteiger partial charge in [0.25, 0.3) is 0 Å². The third kappa shape index (κ3) is 3.09. The van der Waals surface area contributed by atoms with Crippen LogP contribution in [0.1, 0.15) is 47.0 Å². The number of hydrogen-bond acceptors (Lipinski definition) is 0. The van der Waals surface area contributed by atoms with Gasteiger partial charge < -0.3 is 0 Å². The van der Waals surface area contributed by atoms with Crippen molar-refractivity contribution in [3.63, 3.8) is 0 Å². The fourth-order valence-corrected chi connectivity index (χ4v) is 2.42. The normalized spacial score (nSPS) is 25.3. The lowest BCUT2D eigenvalue weighted by Crippen LogP contribution is -2.27. The summed E-state index contributed by atoms with van der Waals surface area (Å²) in [6.45, 7) is 13.0. The van der Waals surface area contributed by atoms with Crippen LogP contribution in [-0.2, 0) is 0 Å². The minimum Gasteiger partial charge on any atom is -0.0961 e. The van der Waals surface area contributed by atoms with Crippen LogP contribution in [0.3, 0.4) is 0 Å². The van der Waals surface area contributed by atoms with Gasteiger partial charge in [-0.2, -0.15) is 0 Å². The SMILES string of the molecule is C=C(C)/C=C/C1C(CC)=CCCC1(C)C. The molecule has 0 saturated heterocycles. The molecule has 0 saturated carbocycles. The van der Waals surface area contributed by atoms with Gasteiger partial charge in [0.1, 0.15) is 0 Å². The summed E-state index contributed by atoms with van der Waals surface area (Å²) in [5.74, 6) is 0.605. The summed E-state index contributed by atoms with van der Waals surface area (Å²) in [6.07, 6.45) is 10.7. The molecule has 0 bridgehead atoms. The molecule has 0 aromatic heterocycles. The Labute approximate surface area is 94.8 Å². The molecule has 1 aliphatic carbocycles. The van der Waals surface area contributed by atoms with Crippen molar-refractivity contribution >= 4 is 0 Å². The van der Waals surface area contributed by atoms with E-state index in [2.05, 4.69) is 52.5 Å². The maximum absolute atomic E-state index is 3.93. The molecule has 0 heteroatoms. The first-order chi connectivity index (χ1) is 6.97. The van der Waals surface area contributed by atoms with Crippen molar-refractivity contribution < 1.29 is 0 Å². The van der Waals surface area contributed by atoms with E-state index in [1.165, 1.54) is 19.3 Å². The van der Waals surface area contributed by atoms with E-state index in [1.807, 2.05) is 0 Å². The maximum atomic E-state index is 3.93. The van der Waals surface area contributed by atoms with Crippen molar-refractivity contribution in [2.24, 2.45) is 11.3 Å². The van der Waals surface area contributed by atoms with Gasteiger partial charge in [0.2, 0.25) is 0 Å². The van der Waals surface area contributed by atoms with Crippen LogP contribution in [0.15, 0.2) is 36.0 Å². The molecule has 1 rings (SSSR count). The topological polar surface area (TPSA) is 0 Å². The van der Waals surface area contributed by atoms with E-state index in [4.69, 9.17) is 0 Å². The van der Waals surface area contributed by atoms with Gasteiger partial charge in [-0.3, -0.25) is 0 Å². The molecule has 0 aromatic rings. The van der Waals surface area contributed by atoms with Crippen LogP contribution in [0, 0.1) is 11.3 Å². The van der Waals surface area contributed by atoms with E-state index in [-0.39, 0.29) is 0 Å². The molecule has 0 amide bonds. The Morgan fingerprint density at radius 1 is 1.60 bits per heavy atom. The van der Waals surface area contributed by atoms with Crippen molar-refractivity contribution in [2.45, 2.75) is 47.0 Å². The highest BCUT2D eigenvalue weighted by Crippen LogP contribution is 2.42. The summed E-state index contributed by atoms with van der Waals surface area (Å²) >= 11 is 0. The predicted octanol–water partition coefficient (Wildman–Crippen LogP) is 4.89. The Kier molecular flexibility index (Phi) is 3.96. The maximum Gasteiger partial charge on any atom is 0.00312 e. The molecule has 1 atom stereocenters. The third-order valence-electron chi connectivity index (χ3n) is 3.42. The van der Waals surface area contributed by atoms with Gasteiger partial charge in [-0.1, -0.05) is 56.7 Å². The Balaban J connectivity index is 2.91. The summed E-state index contributed by atoms with van der Waals surface area (Å²) in [6, 6.07) is 0. The van der Waals surface area contributed by atoms with E-state index in [0.29, 0.717) is 11.3 Å². The van der Waals surface area contributed by atoms with Gasteiger partial charge >= 0.3 is 0 Å². The highest BCUT2D eigenvalue weighted by molar-refractivity contribution is 5.24. The second-order valence-corrected chi connectivity index (χ2v) is 5.34. The first kappa shape index (κ1) is 12.3. The molecule has 0 N–H and O–H groups in total. The van der Waals surface area contributed by atoms with Crippen molar-refractivity contribution in [3.8, 4) is 0 Å². The number of rotatable bonds is 3. The van der Waals surface area contributed by atoms with Gasteiger partial charge in [0.15, 0.2) is 0 Å². The van der Waals surface area contributed by atoms with E-state index < -0.39 is 0 Å². The molecule has 0 heterocycles. The molecule has 1 aliphatic rings. The third-order valence-corrected chi connectivity index (χ3v) is 3.42. The molecule has 0 aliphatic heterocycles. The van der Waals surface area contributed by atoms with Crippen molar-refractivity contribution in [1.82, 2.24) is 0 Å². The molecule has 15 heavy (non-hydrogen) atoms. The fraction of sp³-hybridized carbons (Fsp3) is 0.600. The first-order valence-electron chi connectivity index (χ1n) is 6.00. The van der Waals surface area contributed by atoms with Crippen molar-refractivity contribution in [2.75, 3.05) is 0 Å². The number of allylic oxidation sites excluding steroid dienone is 5. The predicted molar refractivity (Wildman–Crippen MR) is 68.8 cm³/mol. The molecular formula is C15H24.